The zero-order valence-electron chi connectivity index (χ0n) is 10.3. The van der Waals surface area contributed by atoms with Crippen LogP contribution >= 0.6 is 12.2 Å². The number of pyridine rings is 1. The van der Waals surface area contributed by atoms with Crippen molar-refractivity contribution in [2.75, 3.05) is 7.11 Å². The van der Waals surface area contributed by atoms with Crippen molar-refractivity contribution in [1.29, 1.82) is 0 Å². The van der Waals surface area contributed by atoms with Gasteiger partial charge in [-0.2, -0.15) is 4.98 Å². The van der Waals surface area contributed by atoms with Crippen LogP contribution in [0.5, 0.6) is 5.88 Å². The van der Waals surface area contributed by atoms with E-state index >= 15 is 0 Å². The average molecular weight is 276 g/mol. The summed E-state index contributed by atoms with van der Waals surface area (Å²) in [6.45, 7) is 1.35. The molecule has 0 aromatic carbocycles. The first-order valence-electron chi connectivity index (χ1n) is 5.75. The van der Waals surface area contributed by atoms with Gasteiger partial charge in [0.25, 0.3) is 0 Å². The minimum absolute atomic E-state index is 0.566. The van der Waals surface area contributed by atoms with Crippen LogP contribution < -0.4 is 4.74 Å². The van der Waals surface area contributed by atoms with E-state index in [-0.39, 0.29) is 0 Å². The molecule has 3 heterocycles. The number of nitrogens with zero attached hydrogens (tertiary/aromatic N) is 5. The maximum atomic E-state index is 5.31. The fourth-order valence-electron chi connectivity index (χ4n) is 1.89. The van der Waals surface area contributed by atoms with E-state index in [1.165, 1.54) is 0 Å². The maximum Gasteiger partial charge on any atom is 0.215 e. The van der Waals surface area contributed by atoms with Crippen molar-refractivity contribution in [3.8, 4) is 5.88 Å². The molecule has 0 aliphatic rings. The van der Waals surface area contributed by atoms with Gasteiger partial charge < -0.3 is 9.72 Å². The number of aryl methyl sites for hydroxylation is 2. The number of ether oxygens (including phenoxy) is 1. The lowest BCUT2D eigenvalue weighted by Gasteiger charge is -2.04. The van der Waals surface area contributed by atoms with E-state index in [9.17, 15) is 0 Å². The van der Waals surface area contributed by atoms with Gasteiger partial charge in [0, 0.05) is 18.8 Å². The van der Waals surface area contributed by atoms with Crippen molar-refractivity contribution in [2.24, 2.45) is 0 Å². The third-order valence-corrected chi connectivity index (χ3v) is 3.15. The molecule has 0 fully saturated rings. The topological polar surface area (TPSA) is 73.5 Å². The summed E-state index contributed by atoms with van der Waals surface area (Å²) in [4.78, 5) is 7.53. The van der Waals surface area contributed by atoms with Crippen LogP contribution in [0.4, 0.5) is 0 Å². The fraction of sp³-hybridized carbons (Fsp3) is 0.273. The third-order valence-electron chi connectivity index (χ3n) is 2.83. The van der Waals surface area contributed by atoms with Crippen LogP contribution in [-0.2, 0) is 13.1 Å². The van der Waals surface area contributed by atoms with Crippen molar-refractivity contribution < 1.29 is 4.74 Å². The van der Waals surface area contributed by atoms with Crippen molar-refractivity contribution >= 4 is 23.4 Å². The Morgan fingerprint density at radius 2 is 2.26 bits per heavy atom. The standard InChI is InChI=1S/C11H12N6OS/c1-18-9-3-2-8-10(14-9)17(11(19)13-8)7-6-16-5-4-12-15-16/h2-5H,6-7H2,1H3,(H,13,19). The highest BCUT2D eigenvalue weighted by Crippen LogP contribution is 2.16. The molecule has 7 nitrogen and oxygen atoms in total. The summed E-state index contributed by atoms with van der Waals surface area (Å²) in [5.74, 6) is 0.566. The second-order valence-corrected chi connectivity index (χ2v) is 4.36. The monoisotopic (exact) mass is 276 g/mol. The summed E-state index contributed by atoms with van der Waals surface area (Å²) < 4.78 is 9.45. The fourth-order valence-corrected chi connectivity index (χ4v) is 2.18. The van der Waals surface area contributed by atoms with Gasteiger partial charge in [-0.3, -0.25) is 9.25 Å². The highest BCUT2D eigenvalue weighted by atomic mass is 32.1. The Kier molecular flexibility index (Phi) is 3.00. The minimum Gasteiger partial charge on any atom is -0.481 e. The van der Waals surface area contributed by atoms with Gasteiger partial charge in [-0.25, -0.2) is 0 Å². The first-order chi connectivity index (χ1) is 9.28. The molecule has 0 aliphatic carbocycles. The van der Waals surface area contributed by atoms with Gasteiger partial charge >= 0.3 is 0 Å². The predicted octanol–water partition coefficient (Wildman–Crippen LogP) is 1.39. The van der Waals surface area contributed by atoms with E-state index in [1.54, 1.807) is 24.1 Å². The molecule has 0 saturated heterocycles. The second kappa shape index (κ2) is 4.81. The first kappa shape index (κ1) is 11.8. The number of nitrogens with one attached hydrogen (secondary N) is 1. The molecule has 3 aromatic heterocycles. The van der Waals surface area contributed by atoms with E-state index in [0.29, 0.717) is 23.7 Å². The number of rotatable bonds is 4. The van der Waals surface area contributed by atoms with Crippen LogP contribution in [0.2, 0.25) is 0 Å². The van der Waals surface area contributed by atoms with Crippen molar-refractivity contribution in [3.63, 3.8) is 0 Å². The van der Waals surface area contributed by atoms with Crippen molar-refractivity contribution in [1.82, 2.24) is 29.5 Å². The van der Waals surface area contributed by atoms with Gasteiger partial charge in [-0.15, -0.1) is 5.10 Å². The molecule has 19 heavy (non-hydrogen) atoms. The van der Waals surface area contributed by atoms with E-state index in [1.807, 2.05) is 16.8 Å². The van der Waals surface area contributed by atoms with Gasteiger partial charge in [0.15, 0.2) is 10.4 Å². The van der Waals surface area contributed by atoms with Crippen LogP contribution in [0, 0.1) is 4.77 Å². The average Bonchev–Trinajstić information content (AvgIpc) is 3.03. The molecular formula is C11H12N6OS. The second-order valence-electron chi connectivity index (χ2n) is 3.97. The Bertz CT molecular complexity index is 744. The molecule has 0 atom stereocenters. The molecule has 0 aliphatic heterocycles. The number of fused-ring (bicyclic) bond motifs is 1. The Labute approximate surface area is 113 Å². The van der Waals surface area contributed by atoms with Gasteiger partial charge in [0.05, 0.1) is 25.4 Å². The zero-order valence-corrected chi connectivity index (χ0v) is 11.1. The van der Waals surface area contributed by atoms with Gasteiger partial charge in [0.1, 0.15) is 0 Å². The number of methoxy groups -OCH3 is 1. The highest BCUT2D eigenvalue weighted by Gasteiger charge is 2.07. The summed E-state index contributed by atoms with van der Waals surface area (Å²) in [5, 5.41) is 7.69. The lowest BCUT2D eigenvalue weighted by atomic mass is 10.4. The largest absolute Gasteiger partial charge is 0.481 e. The molecule has 0 amide bonds. The zero-order chi connectivity index (χ0) is 13.2. The van der Waals surface area contributed by atoms with Gasteiger partial charge in [-0.05, 0) is 18.3 Å². The lowest BCUT2D eigenvalue weighted by molar-refractivity contribution is 0.398. The number of aromatic amines is 1. The number of H-pyrrole nitrogens is 1. The normalized spacial score (nSPS) is 11.0. The molecule has 3 rings (SSSR count). The van der Waals surface area contributed by atoms with Gasteiger partial charge in [0.2, 0.25) is 5.88 Å². The van der Waals surface area contributed by atoms with E-state index in [2.05, 4.69) is 20.3 Å². The molecule has 3 aromatic rings. The number of hydrogen-bond acceptors (Lipinski definition) is 5. The Morgan fingerprint density at radius 3 is 3.00 bits per heavy atom. The van der Waals surface area contributed by atoms with E-state index in [4.69, 9.17) is 17.0 Å². The molecule has 0 unspecified atom stereocenters. The lowest BCUT2D eigenvalue weighted by Crippen LogP contribution is -2.08. The quantitative estimate of drug-likeness (QED) is 0.729. The van der Waals surface area contributed by atoms with Crippen LogP contribution in [-0.4, -0.2) is 36.6 Å². The van der Waals surface area contributed by atoms with Crippen molar-refractivity contribution in [3.05, 3.63) is 29.3 Å². The summed E-state index contributed by atoms with van der Waals surface area (Å²) in [6.07, 6.45) is 3.46. The summed E-state index contributed by atoms with van der Waals surface area (Å²) in [7, 11) is 1.59. The Balaban J connectivity index is 1.97. The molecule has 98 valence electrons. The first-order valence-corrected chi connectivity index (χ1v) is 6.16. The molecule has 0 saturated carbocycles. The SMILES string of the molecule is COc1ccc2[nH]c(=S)n(CCn3ccnn3)c2n1. The van der Waals surface area contributed by atoms with Crippen LogP contribution in [0.25, 0.3) is 11.2 Å². The maximum absolute atomic E-state index is 5.31. The van der Waals surface area contributed by atoms with Crippen LogP contribution in [0.15, 0.2) is 24.5 Å². The Morgan fingerprint density at radius 1 is 1.37 bits per heavy atom. The molecule has 0 bridgehead atoms. The number of aromatic nitrogens is 6. The van der Waals surface area contributed by atoms with Gasteiger partial charge in [-0.1, -0.05) is 5.21 Å². The molecule has 0 spiro atoms. The Hall–Kier alpha value is -2.22. The molecular weight excluding hydrogens is 264 g/mol. The third kappa shape index (κ3) is 2.22. The summed E-state index contributed by atoms with van der Waals surface area (Å²) in [5.41, 5.74) is 1.67. The summed E-state index contributed by atoms with van der Waals surface area (Å²) in [6, 6.07) is 3.71. The summed E-state index contributed by atoms with van der Waals surface area (Å²) >= 11 is 5.31. The van der Waals surface area contributed by atoms with Crippen LogP contribution in [0.1, 0.15) is 0 Å². The highest BCUT2D eigenvalue weighted by molar-refractivity contribution is 7.71. The minimum atomic E-state index is 0.566. The van der Waals surface area contributed by atoms with E-state index < -0.39 is 0 Å². The van der Waals surface area contributed by atoms with E-state index in [0.717, 1.165) is 11.2 Å². The van der Waals surface area contributed by atoms with Crippen LogP contribution in [0.3, 0.4) is 0 Å². The molecule has 0 radical (unpaired) electrons. The molecule has 8 heteroatoms. The van der Waals surface area contributed by atoms with Crippen molar-refractivity contribution in [2.45, 2.75) is 13.1 Å². The predicted molar refractivity (Wildman–Crippen MR) is 71.5 cm³/mol. The smallest absolute Gasteiger partial charge is 0.215 e. The number of imidazole rings is 1. The molecule has 1 N–H and O–H groups in total. The number of hydrogen-bond donors (Lipinski definition) is 1.